The summed E-state index contributed by atoms with van der Waals surface area (Å²) in [5.74, 6) is 0.322. The van der Waals surface area contributed by atoms with Gasteiger partial charge in [0.05, 0.1) is 5.56 Å². The smallest absolute Gasteiger partial charge is 0.252 e. The molecule has 1 fully saturated rings. The molecule has 21 heavy (non-hydrogen) atoms. The fraction of sp³-hybridized carbons (Fsp3) is 0.500. The number of nitrogens with one attached hydrogen (secondary N) is 1. The Labute approximate surface area is 123 Å². The third-order valence-corrected chi connectivity index (χ3v) is 4.11. The number of benzene rings is 1. The van der Waals surface area contributed by atoms with Crippen LogP contribution in [0.4, 0.5) is 0 Å². The molecule has 0 saturated heterocycles. The van der Waals surface area contributed by atoms with Crippen molar-refractivity contribution in [2.45, 2.75) is 45.3 Å². The SMILES string of the molecule is C[C@H]1C[C@@H]1NC(=O)c1cc2c(c(C(N)=O)c1)OC(C)(C)C2. The minimum Gasteiger partial charge on any atom is -0.486 e. The van der Waals surface area contributed by atoms with Crippen molar-refractivity contribution in [3.05, 3.63) is 28.8 Å². The van der Waals surface area contributed by atoms with Crippen molar-refractivity contribution in [3.63, 3.8) is 0 Å². The Hall–Kier alpha value is -2.04. The first-order chi connectivity index (χ1) is 9.77. The molecule has 0 radical (unpaired) electrons. The standard InChI is InChI=1S/C16H20N2O3/c1-8-4-12(8)18-15(20)9-5-10-7-16(2,3)21-13(10)11(6-9)14(17)19/h5-6,8,12H,4,7H2,1-3H3,(H2,17,19)(H,18,20)/t8-,12-/m0/s1. The zero-order chi connectivity index (χ0) is 15.4. The lowest BCUT2D eigenvalue weighted by molar-refractivity contribution is 0.0949. The first kappa shape index (κ1) is 13.9. The van der Waals surface area contributed by atoms with Crippen LogP contribution in [0.1, 0.15) is 53.5 Å². The number of carbonyl (C=O) groups is 2. The number of carbonyl (C=O) groups excluding carboxylic acids is 2. The molecule has 3 rings (SSSR count). The molecule has 0 unspecified atom stereocenters. The first-order valence-corrected chi connectivity index (χ1v) is 7.23. The van der Waals surface area contributed by atoms with Crippen molar-refractivity contribution in [1.29, 1.82) is 0 Å². The molecule has 2 amide bonds. The van der Waals surface area contributed by atoms with Crippen molar-refractivity contribution in [2.75, 3.05) is 0 Å². The van der Waals surface area contributed by atoms with Gasteiger partial charge in [-0.05, 0) is 43.9 Å². The number of amides is 2. The molecule has 1 aliphatic carbocycles. The Morgan fingerprint density at radius 1 is 1.38 bits per heavy atom. The average Bonchev–Trinajstić information content (AvgIpc) is 2.95. The molecule has 5 heteroatoms. The summed E-state index contributed by atoms with van der Waals surface area (Å²) in [6.07, 6.45) is 1.67. The molecule has 1 saturated carbocycles. The van der Waals surface area contributed by atoms with Crippen LogP contribution in [0.2, 0.25) is 0 Å². The lowest BCUT2D eigenvalue weighted by Crippen LogP contribution is -2.27. The van der Waals surface area contributed by atoms with Crippen LogP contribution >= 0.6 is 0 Å². The van der Waals surface area contributed by atoms with Gasteiger partial charge in [0.25, 0.3) is 11.8 Å². The maximum Gasteiger partial charge on any atom is 0.252 e. The van der Waals surface area contributed by atoms with Crippen LogP contribution < -0.4 is 15.8 Å². The van der Waals surface area contributed by atoms with Gasteiger partial charge in [0, 0.05) is 18.0 Å². The highest BCUT2D eigenvalue weighted by Gasteiger charge is 2.36. The van der Waals surface area contributed by atoms with Gasteiger partial charge in [-0.2, -0.15) is 0 Å². The van der Waals surface area contributed by atoms with E-state index >= 15 is 0 Å². The molecule has 1 aromatic carbocycles. The fourth-order valence-electron chi connectivity index (χ4n) is 2.80. The summed E-state index contributed by atoms with van der Waals surface area (Å²) < 4.78 is 5.80. The number of nitrogens with two attached hydrogens (primary N) is 1. The van der Waals surface area contributed by atoms with Gasteiger partial charge in [-0.25, -0.2) is 0 Å². The predicted octanol–water partition coefficient (Wildman–Crippen LogP) is 1.64. The van der Waals surface area contributed by atoms with Crippen LogP contribution in [-0.4, -0.2) is 23.5 Å². The van der Waals surface area contributed by atoms with E-state index in [2.05, 4.69) is 12.2 Å². The van der Waals surface area contributed by atoms with Gasteiger partial charge in [-0.15, -0.1) is 0 Å². The summed E-state index contributed by atoms with van der Waals surface area (Å²) in [5, 5.41) is 2.97. The van der Waals surface area contributed by atoms with Crippen molar-refractivity contribution < 1.29 is 14.3 Å². The normalized spacial score (nSPS) is 24.9. The molecule has 2 aliphatic rings. The fourth-order valence-corrected chi connectivity index (χ4v) is 2.80. The predicted molar refractivity (Wildman–Crippen MR) is 78.4 cm³/mol. The number of ether oxygens (including phenoxy) is 1. The van der Waals surface area contributed by atoms with Crippen LogP contribution in [0.5, 0.6) is 5.75 Å². The summed E-state index contributed by atoms with van der Waals surface area (Å²) in [7, 11) is 0. The lowest BCUT2D eigenvalue weighted by atomic mass is 9.97. The highest BCUT2D eigenvalue weighted by molar-refractivity contribution is 6.01. The number of fused-ring (bicyclic) bond motifs is 1. The summed E-state index contributed by atoms with van der Waals surface area (Å²) in [4.78, 5) is 23.9. The number of hydrogen-bond acceptors (Lipinski definition) is 3. The summed E-state index contributed by atoms with van der Waals surface area (Å²) in [5.41, 5.74) is 6.67. The molecule has 2 atom stereocenters. The Morgan fingerprint density at radius 2 is 2.05 bits per heavy atom. The Kier molecular flexibility index (Phi) is 2.97. The van der Waals surface area contributed by atoms with E-state index < -0.39 is 5.91 Å². The van der Waals surface area contributed by atoms with E-state index in [1.165, 1.54) is 6.07 Å². The molecule has 3 N–H and O–H groups in total. The van der Waals surface area contributed by atoms with Gasteiger partial charge < -0.3 is 15.8 Å². The number of primary amides is 1. The molecular weight excluding hydrogens is 268 g/mol. The molecule has 0 spiro atoms. The Bertz CT molecular complexity index is 637. The van der Waals surface area contributed by atoms with Gasteiger partial charge in [-0.3, -0.25) is 9.59 Å². The van der Waals surface area contributed by atoms with Crippen molar-refractivity contribution >= 4 is 11.8 Å². The van der Waals surface area contributed by atoms with Crippen LogP contribution in [0, 0.1) is 5.92 Å². The molecule has 112 valence electrons. The van der Waals surface area contributed by atoms with E-state index in [9.17, 15) is 9.59 Å². The molecular formula is C16H20N2O3. The zero-order valence-electron chi connectivity index (χ0n) is 12.5. The monoisotopic (exact) mass is 288 g/mol. The first-order valence-electron chi connectivity index (χ1n) is 7.23. The highest BCUT2D eigenvalue weighted by Crippen LogP contribution is 2.38. The lowest BCUT2D eigenvalue weighted by Gasteiger charge is -2.17. The maximum atomic E-state index is 12.3. The van der Waals surface area contributed by atoms with Crippen LogP contribution in [0.25, 0.3) is 0 Å². The molecule has 1 aliphatic heterocycles. The summed E-state index contributed by atoms with van der Waals surface area (Å²) in [6, 6.07) is 3.58. The molecule has 0 aromatic heterocycles. The van der Waals surface area contributed by atoms with Crippen molar-refractivity contribution in [3.8, 4) is 5.75 Å². The highest BCUT2D eigenvalue weighted by atomic mass is 16.5. The minimum atomic E-state index is -0.571. The van der Waals surface area contributed by atoms with Crippen LogP contribution in [-0.2, 0) is 6.42 Å². The second kappa shape index (κ2) is 4.48. The third kappa shape index (κ3) is 2.60. The Morgan fingerprint density at radius 3 is 2.62 bits per heavy atom. The zero-order valence-corrected chi connectivity index (χ0v) is 12.5. The van der Waals surface area contributed by atoms with Crippen molar-refractivity contribution in [2.24, 2.45) is 11.7 Å². The molecule has 5 nitrogen and oxygen atoms in total. The van der Waals surface area contributed by atoms with E-state index in [1.54, 1.807) is 6.07 Å². The summed E-state index contributed by atoms with van der Waals surface area (Å²) >= 11 is 0. The largest absolute Gasteiger partial charge is 0.486 e. The topological polar surface area (TPSA) is 81.4 Å². The van der Waals surface area contributed by atoms with Crippen molar-refractivity contribution in [1.82, 2.24) is 5.32 Å². The van der Waals surface area contributed by atoms with Crippen LogP contribution in [0.3, 0.4) is 0 Å². The Balaban J connectivity index is 1.95. The maximum absolute atomic E-state index is 12.3. The van der Waals surface area contributed by atoms with Gasteiger partial charge in [0.15, 0.2) is 0 Å². The third-order valence-electron chi connectivity index (χ3n) is 4.11. The number of hydrogen-bond donors (Lipinski definition) is 2. The van der Waals surface area contributed by atoms with E-state index in [0.717, 1.165) is 12.0 Å². The van der Waals surface area contributed by atoms with E-state index in [-0.39, 0.29) is 23.1 Å². The molecule has 1 aromatic rings. The minimum absolute atomic E-state index is 0.153. The van der Waals surface area contributed by atoms with E-state index in [1.807, 2.05) is 13.8 Å². The molecule has 0 bridgehead atoms. The van der Waals surface area contributed by atoms with Gasteiger partial charge in [0.2, 0.25) is 0 Å². The van der Waals surface area contributed by atoms with Gasteiger partial charge >= 0.3 is 0 Å². The second-order valence-electron chi connectivity index (χ2n) is 6.71. The molecule has 1 heterocycles. The van der Waals surface area contributed by atoms with Crippen LogP contribution in [0.15, 0.2) is 12.1 Å². The average molecular weight is 288 g/mol. The van der Waals surface area contributed by atoms with E-state index in [0.29, 0.717) is 23.7 Å². The van der Waals surface area contributed by atoms with E-state index in [4.69, 9.17) is 10.5 Å². The summed E-state index contributed by atoms with van der Waals surface area (Å²) in [6.45, 7) is 5.99. The van der Waals surface area contributed by atoms with Gasteiger partial charge in [-0.1, -0.05) is 6.92 Å². The quantitative estimate of drug-likeness (QED) is 0.887. The second-order valence-corrected chi connectivity index (χ2v) is 6.71. The number of rotatable bonds is 3. The van der Waals surface area contributed by atoms with Gasteiger partial charge in [0.1, 0.15) is 11.4 Å².